The molecule has 0 saturated heterocycles. The van der Waals surface area contributed by atoms with Crippen molar-refractivity contribution in [3.63, 3.8) is 0 Å². The maximum Gasteiger partial charge on any atom is 0.177 e. The summed E-state index contributed by atoms with van der Waals surface area (Å²) in [6.07, 6.45) is 2.53. The van der Waals surface area contributed by atoms with Gasteiger partial charge in [-0.3, -0.25) is 4.68 Å². The van der Waals surface area contributed by atoms with E-state index in [0.717, 1.165) is 11.1 Å². The molecule has 0 amide bonds. The molecule has 0 bridgehead atoms. The van der Waals surface area contributed by atoms with E-state index in [4.69, 9.17) is 0 Å². The molecule has 6 heteroatoms. The molecule has 0 unspecified atom stereocenters. The van der Waals surface area contributed by atoms with Gasteiger partial charge in [-0.25, -0.2) is 13.4 Å². The lowest BCUT2D eigenvalue weighted by Crippen LogP contribution is -1.98. The van der Waals surface area contributed by atoms with Crippen molar-refractivity contribution < 1.29 is 8.42 Å². The molecule has 0 aliphatic rings. The van der Waals surface area contributed by atoms with E-state index in [0.29, 0.717) is 5.65 Å². The average molecular weight is 225 g/mol. The molecular weight excluding hydrogens is 214 g/mol. The van der Waals surface area contributed by atoms with Crippen LogP contribution in [0.2, 0.25) is 0 Å². The van der Waals surface area contributed by atoms with Gasteiger partial charge in [0.2, 0.25) is 0 Å². The van der Waals surface area contributed by atoms with Gasteiger partial charge in [0, 0.05) is 24.9 Å². The number of pyridine rings is 1. The van der Waals surface area contributed by atoms with Crippen LogP contribution in [0, 0.1) is 6.92 Å². The molecule has 2 aromatic rings. The van der Waals surface area contributed by atoms with E-state index in [1.54, 1.807) is 17.8 Å². The summed E-state index contributed by atoms with van der Waals surface area (Å²) in [5.74, 6) is 0. The van der Waals surface area contributed by atoms with Crippen LogP contribution in [-0.4, -0.2) is 29.4 Å². The predicted octanol–water partition coefficient (Wildman–Crippen LogP) is 0.680. The largest absolute Gasteiger partial charge is 0.250 e. The van der Waals surface area contributed by atoms with Crippen LogP contribution in [-0.2, 0) is 16.9 Å². The first-order valence-electron chi connectivity index (χ1n) is 4.39. The Balaban J connectivity index is 2.82. The first-order valence-corrected chi connectivity index (χ1v) is 6.28. The van der Waals surface area contributed by atoms with E-state index in [9.17, 15) is 8.42 Å². The van der Waals surface area contributed by atoms with Crippen LogP contribution >= 0.6 is 0 Å². The third-order valence-electron chi connectivity index (χ3n) is 2.27. The lowest BCUT2D eigenvalue weighted by atomic mass is 10.3. The van der Waals surface area contributed by atoms with Gasteiger partial charge in [0.05, 0.1) is 10.6 Å². The summed E-state index contributed by atoms with van der Waals surface area (Å²) < 4.78 is 24.3. The lowest BCUT2D eigenvalue weighted by molar-refractivity contribution is 0.601. The zero-order valence-corrected chi connectivity index (χ0v) is 9.54. The van der Waals surface area contributed by atoms with Crippen molar-refractivity contribution in [1.82, 2.24) is 14.8 Å². The number of aromatic nitrogens is 3. The molecule has 0 aliphatic heterocycles. The van der Waals surface area contributed by atoms with Gasteiger partial charge in [0.25, 0.3) is 0 Å². The predicted molar refractivity (Wildman–Crippen MR) is 56.4 cm³/mol. The summed E-state index contributed by atoms with van der Waals surface area (Å²) in [6.45, 7) is 1.83. The maximum atomic E-state index is 11.3. The Hall–Kier alpha value is -1.43. The van der Waals surface area contributed by atoms with Gasteiger partial charge in [-0.05, 0) is 13.0 Å². The van der Waals surface area contributed by atoms with Crippen molar-refractivity contribution in [2.45, 2.75) is 11.8 Å². The van der Waals surface area contributed by atoms with Gasteiger partial charge in [0.1, 0.15) is 0 Å². The Bertz CT molecular complexity index is 628. The maximum absolute atomic E-state index is 11.3. The highest BCUT2D eigenvalue weighted by Crippen LogP contribution is 2.18. The second-order valence-corrected chi connectivity index (χ2v) is 5.54. The summed E-state index contributed by atoms with van der Waals surface area (Å²) in [4.78, 5) is 4.32. The van der Waals surface area contributed by atoms with Gasteiger partial charge in [-0.1, -0.05) is 0 Å². The molecule has 80 valence electrons. The van der Waals surface area contributed by atoms with Gasteiger partial charge < -0.3 is 0 Å². The quantitative estimate of drug-likeness (QED) is 0.716. The molecule has 2 aromatic heterocycles. The van der Waals surface area contributed by atoms with Crippen LogP contribution < -0.4 is 0 Å². The summed E-state index contributed by atoms with van der Waals surface area (Å²) in [6, 6.07) is 1.61. The van der Waals surface area contributed by atoms with Gasteiger partial charge in [-0.15, -0.1) is 0 Å². The Morgan fingerprint density at radius 3 is 2.67 bits per heavy atom. The highest BCUT2D eigenvalue weighted by Gasteiger charge is 2.12. The number of nitrogens with zero attached hydrogens (tertiary/aromatic N) is 3. The Morgan fingerprint density at radius 2 is 2.07 bits per heavy atom. The van der Waals surface area contributed by atoms with Gasteiger partial charge in [0.15, 0.2) is 15.5 Å². The highest BCUT2D eigenvalue weighted by atomic mass is 32.2. The fraction of sp³-hybridized carbons (Fsp3) is 0.333. The molecule has 0 N–H and O–H groups in total. The smallest absolute Gasteiger partial charge is 0.177 e. The zero-order chi connectivity index (χ0) is 11.2. The third-order valence-corrected chi connectivity index (χ3v) is 3.35. The molecule has 0 saturated carbocycles. The molecule has 0 spiro atoms. The second-order valence-electron chi connectivity index (χ2n) is 3.52. The third kappa shape index (κ3) is 1.61. The summed E-state index contributed by atoms with van der Waals surface area (Å²) in [5.41, 5.74) is 1.48. The molecule has 0 radical (unpaired) electrons. The number of hydrogen-bond donors (Lipinski definition) is 0. The molecular formula is C9H11N3O2S. The van der Waals surface area contributed by atoms with Crippen molar-refractivity contribution in [2.24, 2.45) is 7.05 Å². The van der Waals surface area contributed by atoms with Gasteiger partial charge in [-0.2, -0.15) is 5.10 Å². The van der Waals surface area contributed by atoms with E-state index in [2.05, 4.69) is 10.1 Å². The Morgan fingerprint density at radius 1 is 1.40 bits per heavy atom. The van der Waals surface area contributed by atoms with E-state index in [1.165, 1.54) is 12.5 Å². The van der Waals surface area contributed by atoms with Crippen LogP contribution in [0.15, 0.2) is 17.2 Å². The molecule has 0 aliphatic carbocycles. The Kier molecular flexibility index (Phi) is 2.04. The fourth-order valence-corrected chi connectivity index (χ4v) is 2.07. The lowest BCUT2D eigenvalue weighted by Gasteiger charge is -1.98. The van der Waals surface area contributed by atoms with E-state index < -0.39 is 9.84 Å². The summed E-state index contributed by atoms with van der Waals surface area (Å²) in [5, 5.41) is 4.95. The van der Waals surface area contributed by atoms with E-state index in [-0.39, 0.29) is 4.90 Å². The molecule has 0 fully saturated rings. The fourth-order valence-electron chi connectivity index (χ4n) is 1.49. The van der Waals surface area contributed by atoms with Crippen molar-refractivity contribution in [2.75, 3.05) is 6.26 Å². The van der Waals surface area contributed by atoms with Crippen molar-refractivity contribution >= 4 is 20.9 Å². The number of sulfone groups is 1. The van der Waals surface area contributed by atoms with Crippen LogP contribution in [0.3, 0.4) is 0 Å². The first-order chi connectivity index (χ1) is 6.89. The minimum Gasteiger partial charge on any atom is -0.250 e. The molecule has 5 nitrogen and oxygen atoms in total. The van der Waals surface area contributed by atoms with Crippen LogP contribution in [0.25, 0.3) is 11.0 Å². The van der Waals surface area contributed by atoms with Crippen molar-refractivity contribution in [3.05, 3.63) is 18.0 Å². The SMILES string of the molecule is Cc1nn(C)c2ncc(S(C)(=O)=O)cc12. The van der Waals surface area contributed by atoms with Crippen LogP contribution in [0.5, 0.6) is 0 Å². The molecule has 2 rings (SSSR count). The highest BCUT2D eigenvalue weighted by molar-refractivity contribution is 7.90. The van der Waals surface area contributed by atoms with E-state index in [1.807, 2.05) is 6.92 Å². The normalized spacial score (nSPS) is 12.2. The number of hydrogen-bond acceptors (Lipinski definition) is 4. The zero-order valence-electron chi connectivity index (χ0n) is 8.72. The standard InChI is InChI=1S/C9H11N3O2S/c1-6-8-4-7(15(3,13)14)5-10-9(8)12(2)11-6/h4-5H,1-3H3. The number of rotatable bonds is 1. The Labute approximate surface area is 87.7 Å². The molecule has 0 atom stereocenters. The second kappa shape index (κ2) is 3.03. The van der Waals surface area contributed by atoms with Gasteiger partial charge >= 0.3 is 0 Å². The van der Waals surface area contributed by atoms with Crippen molar-refractivity contribution in [1.29, 1.82) is 0 Å². The number of fused-ring (bicyclic) bond motifs is 1. The van der Waals surface area contributed by atoms with Crippen molar-refractivity contribution in [3.8, 4) is 0 Å². The minimum atomic E-state index is -3.20. The molecule has 15 heavy (non-hydrogen) atoms. The summed E-state index contributed by atoms with van der Waals surface area (Å²) in [7, 11) is -1.42. The summed E-state index contributed by atoms with van der Waals surface area (Å²) >= 11 is 0. The van der Waals surface area contributed by atoms with Crippen LogP contribution in [0.1, 0.15) is 5.69 Å². The molecule has 0 aromatic carbocycles. The molecule has 2 heterocycles. The first kappa shape index (κ1) is 10.1. The van der Waals surface area contributed by atoms with Crippen LogP contribution in [0.4, 0.5) is 0 Å². The average Bonchev–Trinajstić information content (AvgIpc) is 2.41. The number of aryl methyl sites for hydroxylation is 2. The van der Waals surface area contributed by atoms with E-state index >= 15 is 0 Å². The topological polar surface area (TPSA) is 64.8 Å². The minimum absolute atomic E-state index is 0.228. The monoisotopic (exact) mass is 225 g/mol.